The fourth-order valence-corrected chi connectivity index (χ4v) is 3.17. The van der Waals surface area contributed by atoms with Crippen LogP contribution < -0.4 is 0 Å². The van der Waals surface area contributed by atoms with Crippen LogP contribution in [0.1, 0.15) is 39.0 Å². The normalized spacial score (nSPS) is 15.0. The number of esters is 1. The Hall–Kier alpha value is -2.19. The van der Waals surface area contributed by atoms with E-state index < -0.39 is 0 Å². The second kappa shape index (κ2) is 6.71. The van der Waals surface area contributed by atoms with E-state index in [9.17, 15) is 10.1 Å². The van der Waals surface area contributed by atoms with E-state index >= 15 is 0 Å². The van der Waals surface area contributed by atoms with Crippen LogP contribution in [0.2, 0.25) is 0 Å². The fourth-order valence-electron chi connectivity index (χ4n) is 2.19. The summed E-state index contributed by atoms with van der Waals surface area (Å²) >= 11 is 1.41. The quantitative estimate of drug-likeness (QED) is 0.765. The van der Waals surface area contributed by atoms with Gasteiger partial charge in [0.05, 0.1) is 23.2 Å². The smallest absolute Gasteiger partial charge is 0.350 e. The molecule has 2 aromatic rings. The van der Waals surface area contributed by atoms with Gasteiger partial charge in [-0.15, -0.1) is 11.3 Å². The lowest BCUT2D eigenvalue weighted by molar-refractivity contribution is 0.0473. The molecule has 1 heterocycles. The molecule has 1 unspecified atom stereocenters. The zero-order chi connectivity index (χ0) is 15.4. The third kappa shape index (κ3) is 3.71. The zero-order valence-corrected chi connectivity index (χ0v) is 12.9. The lowest BCUT2D eigenvalue weighted by Gasteiger charge is -2.09. The van der Waals surface area contributed by atoms with Crippen LogP contribution in [0.4, 0.5) is 0 Å². The molecule has 112 valence electrons. The number of nitriles is 1. The van der Waals surface area contributed by atoms with Gasteiger partial charge in [0.15, 0.2) is 0 Å². The van der Waals surface area contributed by atoms with Crippen LogP contribution in [0.3, 0.4) is 0 Å². The first-order valence-corrected chi connectivity index (χ1v) is 8.14. The van der Waals surface area contributed by atoms with Crippen molar-refractivity contribution in [2.75, 3.05) is 6.61 Å². The average molecular weight is 312 g/mol. The summed E-state index contributed by atoms with van der Waals surface area (Å²) < 4.78 is 5.28. The van der Waals surface area contributed by atoms with Gasteiger partial charge in [0.2, 0.25) is 0 Å². The number of nitrogens with zero attached hydrogens (tertiary/aromatic N) is 2. The van der Waals surface area contributed by atoms with E-state index in [1.54, 1.807) is 6.20 Å². The van der Waals surface area contributed by atoms with E-state index in [2.05, 4.69) is 11.1 Å². The summed E-state index contributed by atoms with van der Waals surface area (Å²) in [4.78, 5) is 16.8. The van der Waals surface area contributed by atoms with E-state index in [0.29, 0.717) is 17.2 Å². The second-order valence-electron chi connectivity index (χ2n) is 5.45. The van der Waals surface area contributed by atoms with Crippen molar-refractivity contribution < 1.29 is 9.53 Å². The highest BCUT2D eigenvalue weighted by Gasteiger charge is 2.28. The standard InChI is InChI=1S/C17H16N2O2S/c18-9-13(8-12-4-2-1-3-5-12)11-21-17(20)15-10-19-16(22-15)14-6-7-14/h1-5,10,13-14H,6-8,11H2. The van der Waals surface area contributed by atoms with Crippen molar-refractivity contribution in [3.63, 3.8) is 0 Å². The van der Waals surface area contributed by atoms with Gasteiger partial charge in [-0.1, -0.05) is 30.3 Å². The summed E-state index contributed by atoms with van der Waals surface area (Å²) in [6.45, 7) is 0.112. The van der Waals surface area contributed by atoms with Gasteiger partial charge in [-0.05, 0) is 24.8 Å². The number of hydrogen-bond acceptors (Lipinski definition) is 5. The summed E-state index contributed by atoms with van der Waals surface area (Å²) in [6, 6.07) is 12.0. The highest BCUT2D eigenvalue weighted by molar-refractivity contribution is 7.13. The molecule has 0 aliphatic heterocycles. The van der Waals surface area contributed by atoms with Crippen molar-refractivity contribution in [1.82, 2.24) is 4.98 Å². The molecule has 5 heteroatoms. The van der Waals surface area contributed by atoms with Gasteiger partial charge in [0.25, 0.3) is 0 Å². The summed E-state index contributed by atoms with van der Waals surface area (Å²) in [7, 11) is 0. The predicted octanol–water partition coefficient (Wildman–Crippen LogP) is 3.56. The van der Waals surface area contributed by atoms with Crippen LogP contribution >= 0.6 is 11.3 Å². The summed E-state index contributed by atoms with van der Waals surface area (Å²) in [5, 5.41) is 10.2. The minimum atomic E-state index is -0.377. The minimum Gasteiger partial charge on any atom is -0.460 e. The molecule has 1 aromatic heterocycles. The van der Waals surface area contributed by atoms with Gasteiger partial charge in [-0.25, -0.2) is 9.78 Å². The Morgan fingerprint density at radius 1 is 1.41 bits per heavy atom. The van der Waals surface area contributed by atoms with Gasteiger partial charge in [0, 0.05) is 5.92 Å². The Morgan fingerprint density at radius 2 is 2.18 bits per heavy atom. The number of carbonyl (C=O) groups excluding carboxylic acids is 1. The lowest BCUT2D eigenvalue weighted by atomic mass is 10.0. The molecule has 1 saturated carbocycles. The van der Waals surface area contributed by atoms with Gasteiger partial charge >= 0.3 is 5.97 Å². The Morgan fingerprint density at radius 3 is 2.86 bits per heavy atom. The molecule has 0 saturated heterocycles. The van der Waals surface area contributed by atoms with E-state index in [0.717, 1.165) is 23.4 Å². The monoisotopic (exact) mass is 312 g/mol. The Bertz CT molecular complexity index is 686. The maximum Gasteiger partial charge on any atom is 0.350 e. The van der Waals surface area contributed by atoms with E-state index in [4.69, 9.17) is 4.74 Å². The number of ether oxygens (including phenoxy) is 1. The topological polar surface area (TPSA) is 63.0 Å². The fraction of sp³-hybridized carbons (Fsp3) is 0.353. The molecule has 0 spiro atoms. The van der Waals surface area contributed by atoms with E-state index in [-0.39, 0.29) is 18.5 Å². The summed E-state index contributed by atoms with van der Waals surface area (Å²) in [5.41, 5.74) is 1.07. The second-order valence-corrected chi connectivity index (χ2v) is 6.51. The number of carbonyl (C=O) groups is 1. The molecule has 1 atom stereocenters. The maximum atomic E-state index is 12.0. The molecular formula is C17H16N2O2S. The first-order valence-electron chi connectivity index (χ1n) is 7.32. The SMILES string of the molecule is N#CC(COC(=O)c1cnc(C2CC2)s1)Cc1ccccc1. The highest BCUT2D eigenvalue weighted by Crippen LogP contribution is 2.41. The Balaban J connectivity index is 1.53. The van der Waals surface area contributed by atoms with Gasteiger partial charge < -0.3 is 4.74 Å². The van der Waals surface area contributed by atoms with E-state index in [1.165, 1.54) is 11.3 Å². The molecule has 0 N–H and O–H groups in total. The molecule has 1 aromatic carbocycles. The van der Waals surface area contributed by atoms with Crippen LogP contribution in [0.5, 0.6) is 0 Å². The lowest BCUT2D eigenvalue weighted by Crippen LogP contribution is -2.14. The Kier molecular flexibility index (Phi) is 4.50. The van der Waals surface area contributed by atoms with Crippen molar-refractivity contribution in [3.8, 4) is 6.07 Å². The molecule has 1 aliphatic rings. The number of thiazole rings is 1. The van der Waals surface area contributed by atoms with Crippen LogP contribution in [0.25, 0.3) is 0 Å². The maximum absolute atomic E-state index is 12.0. The van der Waals surface area contributed by atoms with Crippen LogP contribution in [0.15, 0.2) is 36.5 Å². The first-order chi connectivity index (χ1) is 10.8. The first kappa shape index (κ1) is 14.7. The van der Waals surface area contributed by atoms with Crippen LogP contribution in [-0.4, -0.2) is 17.6 Å². The van der Waals surface area contributed by atoms with Gasteiger partial charge in [0.1, 0.15) is 11.5 Å². The Labute approximate surface area is 133 Å². The molecular weight excluding hydrogens is 296 g/mol. The third-order valence-corrected chi connectivity index (χ3v) is 4.71. The van der Waals surface area contributed by atoms with Crippen molar-refractivity contribution in [2.45, 2.75) is 25.2 Å². The molecule has 1 fully saturated rings. The predicted molar refractivity (Wildman–Crippen MR) is 83.6 cm³/mol. The number of rotatable bonds is 6. The van der Waals surface area contributed by atoms with Crippen molar-refractivity contribution in [1.29, 1.82) is 5.26 Å². The molecule has 22 heavy (non-hydrogen) atoms. The van der Waals surface area contributed by atoms with Crippen molar-refractivity contribution in [3.05, 3.63) is 52.0 Å². The van der Waals surface area contributed by atoms with Gasteiger partial charge in [-0.2, -0.15) is 5.26 Å². The van der Waals surface area contributed by atoms with Crippen molar-refractivity contribution in [2.24, 2.45) is 5.92 Å². The van der Waals surface area contributed by atoms with E-state index in [1.807, 2.05) is 30.3 Å². The number of aromatic nitrogens is 1. The van der Waals surface area contributed by atoms with Crippen LogP contribution in [-0.2, 0) is 11.2 Å². The third-order valence-electron chi connectivity index (χ3n) is 3.57. The van der Waals surface area contributed by atoms with Gasteiger partial charge in [-0.3, -0.25) is 0 Å². The summed E-state index contributed by atoms with van der Waals surface area (Å²) in [6.07, 6.45) is 4.49. The molecule has 1 aliphatic carbocycles. The highest BCUT2D eigenvalue weighted by atomic mass is 32.1. The molecule has 0 bridgehead atoms. The largest absolute Gasteiger partial charge is 0.460 e. The molecule has 4 nitrogen and oxygen atoms in total. The number of benzene rings is 1. The molecule has 0 radical (unpaired) electrons. The molecule has 0 amide bonds. The average Bonchev–Trinajstić information content (AvgIpc) is 3.29. The molecule has 3 rings (SSSR count). The summed E-state index contributed by atoms with van der Waals surface area (Å²) in [5.74, 6) is -0.170. The van der Waals surface area contributed by atoms with Crippen LogP contribution in [0, 0.1) is 17.2 Å². The van der Waals surface area contributed by atoms with Crippen molar-refractivity contribution >= 4 is 17.3 Å². The zero-order valence-electron chi connectivity index (χ0n) is 12.1. The minimum absolute atomic E-state index is 0.112. The number of hydrogen-bond donors (Lipinski definition) is 0.